The molecule has 2 nitrogen and oxygen atoms in total. The lowest BCUT2D eigenvalue weighted by Crippen LogP contribution is -2.34. The summed E-state index contributed by atoms with van der Waals surface area (Å²) in [4.78, 5) is 0. The molecular formula is C9H19NO. The van der Waals surface area contributed by atoms with Gasteiger partial charge in [-0.25, -0.2) is 0 Å². The summed E-state index contributed by atoms with van der Waals surface area (Å²) >= 11 is 0. The van der Waals surface area contributed by atoms with Crippen molar-refractivity contribution in [3.8, 4) is 0 Å². The Balaban J connectivity index is 2.14. The molecule has 0 aromatic rings. The highest BCUT2D eigenvalue weighted by Crippen LogP contribution is 2.20. The van der Waals surface area contributed by atoms with Crippen LogP contribution in [0.1, 0.15) is 32.6 Å². The van der Waals surface area contributed by atoms with Crippen LogP contribution in [0.2, 0.25) is 0 Å². The minimum Gasteiger partial charge on any atom is -0.381 e. The summed E-state index contributed by atoms with van der Waals surface area (Å²) in [6.45, 7) is 3.27. The molecule has 1 aliphatic carbocycles. The van der Waals surface area contributed by atoms with Crippen molar-refractivity contribution in [1.82, 2.24) is 5.32 Å². The van der Waals surface area contributed by atoms with Crippen molar-refractivity contribution in [1.29, 1.82) is 0 Å². The Hall–Kier alpha value is -0.0800. The van der Waals surface area contributed by atoms with E-state index in [1.807, 2.05) is 7.11 Å². The first-order valence-electron chi connectivity index (χ1n) is 4.63. The second-order valence-corrected chi connectivity index (χ2v) is 3.27. The summed E-state index contributed by atoms with van der Waals surface area (Å²) < 4.78 is 5.29. The van der Waals surface area contributed by atoms with Gasteiger partial charge in [0.15, 0.2) is 0 Å². The molecule has 1 N–H and O–H groups in total. The van der Waals surface area contributed by atoms with E-state index in [-0.39, 0.29) is 0 Å². The number of ether oxygens (including phenoxy) is 1. The van der Waals surface area contributed by atoms with Gasteiger partial charge in [0.05, 0.1) is 6.10 Å². The third-order valence-electron chi connectivity index (χ3n) is 2.50. The average molecular weight is 157 g/mol. The molecule has 0 aromatic carbocycles. The van der Waals surface area contributed by atoms with Gasteiger partial charge in [0, 0.05) is 13.2 Å². The zero-order valence-corrected chi connectivity index (χ0v) is 7.60. The van der Waals surface area contributed by atoms with E-state index in [2.05, 4.69) is 12.2 Å². The maximum absolute atomic E-state index is 5.29. The van der Waals surface area contributed by atoms with E-state index in [1.54, 1.807) is 0 Å². The summed E-state index contributed by atoms with van der Waals surface area (Å²) in [5.41, 5.74) is 0. The van der Waals surface area contributed by atoms with Crippen molar-refractivity contribution >= 4 is 0 Å². The average Bonchev–Trinajstić information content (AvgIpc) is 2.07. The molecule has 0 unspecified atom stereocenters. The van der Waals surface area contributed by atoms with Crippen molar-refractivity contribution in [3.63, 3.8) is 0 Å². The van der Waals surface area contributed by atoms with E-state index in [0.717, 1.165) is 12.6 Å². The maximum Gasteiger partial charge on any atom is 0.0572 e. The van der Waals surface area contributed by atoms with Crippen LogP contribution in [0.3, 0.4) is 0 Å². The Bertz CT molecular complexity index is 97.7. The Morgan fingerprint density at radius 1 is 1.27 bits per heavy atom. The van der Waals surface area contributed by atoms with Crippen LogP contribution in [-0.4, -0.2) is 25.8 Å². The van der Waals surface area contributed by atoms with Gasteiger partial charge in [0.1, 0.15) is 0 Å². The van der Waals surface area contributed by atoms with Crippen LogP contribution >= 0.6 is 0 Å². The Morgan fingerprint density at radius 2 is 1.91 bits per heavy atom. The first-order chi connectivity index (χ1) is 5.36. The fourth-order valence-corrected chi connectivity index (χ4v) is 1.79. The number of hydrogen-bond donors (Lipinski definition) is 1. The van der Waals surface area contributed by atoms with Gasteiger partial charge in [-0.2, -0.15) is 0 Å². The van der Waals surface area contributed by atoms with Crippen LogP contribution in [0, 0.1) is 0 Å². The molecule has 1 fully saturated rings. The predicted molar refractivity (Wildman–Crippen MR) is 46.7 cm³/mol. The number of hydrogen-bond acceptors (Lipinski definition) is 2. The highest BCUT2D eigenvalue weighted by Gasteiger charge is 2.19. The van der Waals surface area contributed by atoms with E-state index in [4.69, 9.17) is 4.74 Å². The summed E-state index contributed by atoms with van der Waals surface area (Å²) in [5, 5.41) is 3.47. The van der Waals surface area contributed by atoms with Gasteiger partial charge in [0.25, 0.3) is 0 Å². The second kappa shape index (κ2) is 4.73. The topological polar surface area (TPSA) is 21.3 Å². The van der Waals surface area contributed by atoms with Crippen LogP contribution in [0.5, 0.6) is 0 Å². The standard InChI is InChI=1S/C9H19NO/c1-3-10-8-4-6-9(11-2)7-5-8/h8-10H,3-7H2,1-2H3/t8-,9-. The minimum atomic E-state index is 0.532. The molecular weight excluding hydrogens is 138 g/mol. The fourth-order valence-electron chi connectivity index (χ4n) is 1.79. The summed E-state index contributed by atoms with van der Waals surface area (Å²) in [5.74, 6) is 0. The van der Waals surface area contributed by atoms with Crippen molar-refractivity contribution in [2.45, 2.75) is 44.8 Å². The molecule has 66 valence electrons. The highest BCUT2D eigenvalue weighted by atomic mass is 16.5. The molecule has 0 spiro atoms. The predicted octanol–water partition coefficient (Wildman–Crippen LogP) is 1.55. The van der Waals surface area contributed by atoms with Crippen molar-refractivity contribution in [2.75, 3.05) is 13.7 Å². The van der Waals surface area contributed by atoms with E-state index in [9.17, 15) is 0 Å². The van der Waals surface area contributed by atoms with Gasteiger partial charge in [-0.3, -0.25) is 0 Å². The van der Waals surface area contributed by atoms with Crippen LogP contribution in [0.25, 0.3) is 0 Å². The van der Waals surface area contributed by atoms with Crippen LogP contribution in [0.15, 0.2) is 0 Å². The first-order valence-corrected chi connectivity index (χ1v) is 4.63. The van der Waals surface area contributed by atoms with Crippen molar-refractivity contribution < 1.29 is 4.74 Å². The molecule has 1 rings (SSSR count). The van der Waals surface area contributed by atoms with E-state index in [0.29, 0.717) is 6.10 Å². The van der Waals surface area contributed by atoms with Crippen LogP contribution < -0.4 is 5.32 Å². The molecule has 2 heteroatoms. The lowest BCUT2D eigenvalue weighted by atomic mass is 9.93. The monoisotopic (exact) mass is 157 g/mol. The maximum atomic E-state index is 5.29. The zero-order valence-electron chi connectivity index (χ0n) is 7.60. The first kappa shape index (κ1) is 9.01. The molecule has 0 radical (unpaired) electrons. The minimum absolute atomic E-state index is 0.532. The van der Waals surface area contributed by atoms with Crippen LogP contribution in [0.4, 0.5) is 0 Å². The normalized spacial score (nSPS) is 32.2. The summed E-state index contributed by atoms with van der Waals surface area (Å²) in [6.07, 6.45) is 5.56. The van der Waals surface area contributed by atoms with Gasteiger partial charge < -0.3 is 10.1 Å². The summed E-state index contributed by atoms with van der Waals surface area (Å²) in [6, 6.07) is 0.756. The third-order valence-corrected chi connectivity index (χ3v) is 2.50. The van der Waals surface area contributed by atoms with E-state index < -0.39 is 0 Å². The SMILES string of the molecule is CCN[C@H]1CC[C@H](OC)CC1. The van der Waals surface area contributed by atoms with Gasteiger partial charge in [-0.1, -0.05) is 6.92 Å². The molecule has 0 heterocycles. The molecule has 1 aliphatic rings. The highest BCUT2D eigenvalue weighted by molar-refractivity contribution is 4.76. The smallest absolute Gasteiger partial charge is 0.0572 e. The fraction of sp³-hybridized carbons (Fsp3) is 1.00. The molecule has 0 aliphatic heterocycles. The third kappa shape index (κ3) is 2.80. The largest absolute Gasteiger partial charge is 0.381 e. The Labute approximate surface area is 69.3 Å². The molecule has 1 saturated carbocycles. The molecule has 0 aromatic heterocycles. The molecule has 0 bridgehead atoms. The van der Waals surface area contributed by atoms with Crippen LogP contribution in [-0.2, 0) is 4.74 Å². The van der Waals surface area contributed by atoms with E-state index >= 15 is 0 Å². The molecule has 0 amide bonds. The summed E-state index contributed by atoms with van der Waals surface area (Å²) in [7, 11) is 1.82. The van der Waals surface area contributed by atoms with Gasteiger partial charge in [-0.05, 0) is 32.2 Å². The zero-order chi connectivity index (χ0) is 8.10. The van der Waals surface area contributed by atoms with Crippen molar-refractivity contribution in [3.05, 3.63) is 0 Å². The van der Waals surface area contributed by atoms with Gasteiger partial charge in [-0.15, -0.1) is 0 Å². The number of rotatable bonds is 3. The van der Waals surface area contributed by atoms with E-state index in [1.165, 1.54) is 25.7 Å². The second-order valence-electron chi connectivity index (χ2n) is 3.27. The number of nitrogens with one attached hydrogen (secondary N) is 1. The number of methoxy groups -OCH3 is 1. The molecule has 0 saturated heterocycles. The van der Waals surface area contributed by atoms with Gasteiger partial charge in [0.2, 0.25) is 0 Å². The lowest BCUT2D eigenvalue weighted by molar-refractivity contribution is 0.0628. The Kier molecular flexibility index (Phi) is 3.87. The molecule has 0 atom stereocenters. The van der Waals surface area contributed by atoms with Crippen molar-refractivity contribution in [2.24, 2.45) is 0 Å². The quantitative estimate of drug-likeness (QED) is 0.671. The molecule has 11 heavy (non-hydrogen) atoms. The Morgan fingerprint density at radius 3 is 2.36 bits per heavy atom. The van der Waals surface area contributed by atoms with Gasteiger partial charge >= 0.3 is 0 Å². The lowest BCUT2D eigenvalue weighted by Gasteiger charge is -2.27.